The average molecular weight is 274 g/mol. The Morgan fingerprint density at radius 1 is 1.30 bits per heavy atom. The van der Waals surface area contributed by atoms with Gasteiger partial charge in [0.1, 0.15) is 0 Å². The highest BCUT2D eigenvalue weighted by Gasteiger charge is 2.32. The normalized spacial score (nSPS) is 14.5. The second-order valence-electron chi connectivity index (χ2n) is 4.50. The molecule has 0 unspecified atom stereocenters. The molecule has 6 nitrogen and oxygen atoms in total. The summed E-state index contributed by atoms with van der Waals surface area (Å²) in [5.74, 6) is -1.60. The van der Waals surface area contributed by atoms with Crippen molar-refractivity contribution in [3.63, 3.8) is 0 Å². The van der Waals surface area contributed by atoms with E-state index in [4.69, 9.17) is 5.11 Å². The summed E-state index contributed by atoms with van der Waals surface area (Å²) in [6, 6.07) is 4.88. The van der Waals surface area contributed by atoms with Crippen molar-refractivity contribution >= 4 is 23.5 Å². The first kappa shape index (κ1) is 13.8. The van der Waals surface area contributed by atoms with Gasteiger partial charge in [-0.3, -0.25) is 14.5 Å². The molecule has 104 valence electrons. The van der Waals surface area contributed by atoms with Gasteiger partial charge in [0.15, 0.2) is 0 Å². The number of hydrogen-bond acceptors (Lipinski definition) is 4. The smallest absolute Gasteiger partial charge is 0.331 e. The van der Waals surface area contributed by atoms with Gasteiger partial charge in [-0.05, 0) is 25.1 Å². The fourth-order valence-corrected chi connectivity index (χ4v) is 1.88. The lowest BCUT2D eigenvalue weighted by Crippen LogP contribution is -2.24. The summed E-state index contributed by atoms with van der Waals surface area (Å²) in [5, 5.41) is 11.7. The molecule has 1 aromatic rings. The number of rotatable bonds is 4. The number of fused-ring (bicyclic) bond motifs is 1. The standard InChI is InChI=1S/C14H14N2O4/c1-8(14(19)20)5-6-15-9-3-4-10-11(7-9)13(18)16(2)12(10)17/h3-5,7,15H,6H2,1-2H3,(H,19,20)/b8-5-. The molecule has 0 saturated heterocycles. The van der Waals surface area contributed by atoms with Crippen molar-refractivity contribution in [2.24, 2.45) is 0 Å². The highest BCUT2D eigenvalue weighted by molar-refractivity contribution is 6.21. The molecule has 1 heterocycles. The van der Waals surface area contributed by atoms with Crippen molar-refractivity contribution < 1.29 is 19.5 Å². The molecule has 0 aromatic heterocycles. The molecule has 20 heavy (non-hydrogen) atoms. The molecule has 0 saturated carbocycles. The molecule has 2 rings (SSSR count). The number of aliphatic carboxylic acids is 1. The van der Waals surface area contributed by atoms with Crippen molar-refractivity contribution in [3.05, 3.63) is 41.0 Å². The van der Waals surface area contributed by atoms with Crippen molar-refractivity contribution in [1.29, 1.82) is 0 Å². The fraction of sp³-hybridized carbons (Fsp3) is 0.214. The predicted octanol–water partition coefficient (Wildman–Crippen LogP) is 1.36. The van der Waals surface area contributed by atoms with E-state index < -0.39 is 5.97 Å². The maximum atomic E-state index is 11.8. The van der Waals surface area contributed by atoms with Crippen molar-refractivity contribution in [3.8, 4) is 0 Å². The fourth-order valence-electron chi connectivity index (χ4n) is 1.88. The largest absolute Gasteiger partial charge is 0.478 e. The maximum Gasteiger partial charge on any atom is 0.331 e. The Labute approximate surface area is 115 Å². The molecule has 0 fully saturated rings. The quantitative estimate of drug-likeness (QED) is 0.639. The van der Waals surface area contributed by atoms with Gasteiger partial charge in [-0.25, -0.2) is 4.79 Å². The Balaban J connectivity index is 2.14. The molecule has 0 radical (unpaired) electrons. The van der Waals surface area contributed by atoms with Crippen molar-refractivity contribution in [2.75, 3.05) is 18.9 Å². The monoisotopic (exact) mass is 274 g/mol. The Bertz CT molecular complexity index is 634. The van der Waals surface area contributed by atoms with Gasteiger partial charge in [0.05, 0.1) is 11.1 Å². The summed E-state index contributed by atoms with van der Waals surface area (Å²) in [6.45, 7) is 1.83. The van der Waals surface area contributed by atoms with Crippen LogP contribution in [0.3, 0.4) is 0 Å². The first-order valence-electron chi connectivity index (χ1n) is 6.02. The zero-order valence-corrected chi connectivity index (χ0v) is 11.1. The van der Waals surface area contributed by atoms with Crippen LogP contribution in [0, 0.1) is 0 Å². The van der Waals surface area contributed by atoms with Crippen LogP contribution in [0.1, 0.15) is 27.6 Å². The van der Waals surface area contributed by atoms with Gasteiger partial charge < -0.3 is 10.4 Å². The van der Waals surface area contributed by atoms with Crippen LogP contribution in [0.25, 0.3) is 0 Å². The van der Waals surface area contributed by atoms with Crippen LogP contribution in [0.5, 0.6) is 0 Å². The minimum Gasteiger partial charge on any atom is -0.478 e. The number of carbonyl (C=O) groups is 3. The van der Waals surface area contributed by atoms with E-state index in [1.54, 1.807) is 18.2 Å². The van der Waals surface area contributed by atoms with Gasteiger partial charge in [-0.15, -0.1) is 0 Å². The molecule has 2 N–H and O–H groups in total. The number of carboxylic acid groups (broad SMARTS) is 1. The van der Waals surface area contributed by atoms with E-state index in [1.165, 1.54) is 20.0 Å². The molecule has 0 bridgehead atoms. The van der Waals surface area contributed by atoms with E-state index in [-0.39, 0.29) is 17.4 Å². The Kier molecular flexibility index (Phi) is 3.56. The van der Waals surface area contributed by atoms with E-state index >= 15 is 0 Å². The number of hydrogen-bond donors (Lipinski definition) is 2. The summed E-state index contributed by atoms with van der Waals surface area (Å²) in [4.78, 5) is 35.2. The van der Waals surface area contributed by atoms with E-state index in [2.05, 4.69) is 5.32 Å². The van der Waals surface area contributed by atoms with E-state index in [0.717, 1.165) is 4.90 Å². The summed E-state index contributed by atoms with van der Waals surface area (Å²) < 4.78 is 0. The number of benzene rings is 1. The summed E-state index contributed by atoms with van der Waals surface area (Å²) >= 11 is 0. The molecular weight excluding hydrogens is 260 g/mol. The van der Waals surface area contributed by atoms with E-state index in [1.807, 2.05) is 0 Å². The third-order valence-corrected chi connectivity index (χ3v) is 3.14. The molecule has 0 aliphatic carbocycles. The van der Waals surface area contributed by atoms with Crippen molar-refractivity contribution in [2.45, 2.75) is 6.92 Å². The molecule has 2 amide bonds. The minimum atomic E-state index is -0.969. The van der Waals surface area contributed by atoms with Crippen molar-refractivity contribution in [1.82, 2.24) is 4.90 Å². The topological polar surface area (TPSA) is 86.7 Å². The lowest BCUT2D eigenvalue weighted by atomic mass is 10.1. The predicted molar refractivity (Wildman–Crippen MR) is 72.7 cm³/mol. The second-order valence-corrected chi connectivity index (χ2v) is 4.50. The van der Waals surface area contributed by atoms with Gasteiger partial charge in [-0.1, -0.05) is 6.08 Å². The van der Waals surface area contributed by atoms with Gasteiger partial charge in [0.25, 0.3) is 11.8 Å². The molecule has 0 atom stereocenters. The highest BCUT2D eigenvalue weighted by atomic mass is 16.4. The van der Waals surface area contributed by atoms with Gasteiger partial charge in [0, 0.05) is 24.9 Å². The van der Waals surface area contributed by atoms with Crippen LogP contribution in [-0.4, -0.2) is 41.4 Å². The molecule has 6 heteroatoms. The Hall–Kier alpha value is -2.63. The Morgan fingerprint density at radius 3 is 2.60 bits per heavy atom. The number of anilines is 1. The van der Waals surface area contributed by atoms with Gasteiger partial charge in [0.2, 0.25) is 0 Å². The zero-order chi connectivity index (χ0) is 14.9. The molecule has 0 spiro atoms. The van der Waals surface area contributed by atoms with Crippen LogP contribution >= 0.6 is 0 Å². The third kappa shape index (κ3) is 2.40. The maximum absolute atomic E-state index is 11.8. The summed E-state index contributed by atoms with van der Waals surface area (Å²) in [6.07, 6.45) is 1.54. The first-order valence-corrected chi connectivity index (χ1v) is 6.02. The van der Waals surface area contributed by atoms with Crippen LogP contribution in [-0.2, 0) is 4.79 Å². The zero-order valence-electron chi connectivity index (χ0n) is 11.1. The number of carbonyl (C=O) groups excluding carboxylic acids is 2. The van der Waals surface area contributed by atoms with Crippen LogP contribution in [0.2, 0.25) is 0 Å². The number of carboxylic acids is 1. The number of nitrogens with zero attached hydrogens (tertiary/aromatic N) is 1. The number of nitrogens with one attached hydrogen (secondary N) is 1. The minimum absolute atomic E-state index is 0.240. The molecule has 1 aliphatic rings. The molecule has 1 aromatic carbocycles. The van der Waals surface area contributed by atoms with E-state index in [9.17, 15) is 14.4 Å². The van der Waals surface area contributed by atoms with Crippen LogP contribution in [0.4, 0.5) is 5.69 Å². The average Bonchev–Trinajstić information content (AvgIpc) is 2.63. The third-order valence-electron chi connectivity index (χ3n) is 3.14. The molecular formula is C14H14N2O4. The van der Waals surface area contributed by atoms with Crippen LogP contribution in [0.15, 0.2) is 29.8 Å². The lowest BCUT2D eigenvalue weighted by molar-refractivity contribution is -0.132. The summed E-state index contributed by atoms with van der Waals surface area (Å²) in [7, 11) is 1.44. The number of imide groups is 1. The number of amides is 2. The summed E-state index contributed by atoms with van der Waals surface area (Å²) in [5.41, 5.74) is 1.65. The second kappa shape index (κ2) is 5.16. The van der Waals surface area contributed by atoms with Gasteiger partial charge in [-0.2, -0.15) is 0 Å². The Morgan fingerprint density at radius 2 is 1.95 bits per heavy atom. The van der Waals surface area contributed by atoms with E-state index in [0.29, 0.717) is 23.4 Å². The lowest BCUT2D eigenvalue weighted by Gasteiger charge is -2.05. The SMILES string of the molecule is C/C(=C/CNc1ccc2c(c1)C(=O)N(C)C2=O)C(=O)O. The first-order chi connectivity index (χ1) is 9.41. The molecule has 1 aliphatic heterocycles. The van der Waals surface area contributed by atoms with Gasteiger partial charge >= 0.3 is 5.97 Å². The van der Waals surface area contributed by atoms with Crippen LogP contribution < -0.4 is 5.32 Å². The highest BCUT2D eigenvalue weighted by Crippen LogP contribution is 2.24.